The van der Waals surface area contributed by atoms with Crippen LogP contribution in [-0.4, -0.2) is 4.98 Å². The van der Waals surface area contributed by atoms with Crippen LogP contribution in [0.5, 0.6) is 5.88 Å². The van der Waals surface area contributed by atoms with Crippen LogP contribution in [0.25, 0.3) is 0 Å². The van der Waals surface area contributed by atoms with Crippen molar-refractivity contribution in [3.05, 3.63) is 58.2 Å². The maximum absolute atomic E-state index is 12.5. The Hall–Kier alpha value is -1.56. The van der Waals surface area contributed by atoms with E-state index < -0.39 is 11.7 Å². The van der Waals surface area contributed by atoms with Crippen LogP contribution < -0.4 is 4.74 Å². The van der Waals surface area contributed by atoms with Crippen LogP contribution in [-0.2, 0) is 12.8 Å². The van der Waals surface area contributed by atoms with E-state index in [0.717, 1.165) is 12.1 Å². The molecule has 1 heterocycles. The molecule has 6 heteroatoms. The Morgan fingerprint density at radius 2 is 1.84 bits per heavy atom. The molecule has 2 nitrogen and oxygen atoms in total. The van der Waals surface area contributed by atoms with Crippen LogP contribution in [0.3, 0.4) is 0 Å². The van der Waals surface area contributed by atoms with Gasteiger partial charge in [0.15, 0.2) is 0 Å². The van der Waals surface area contributed by atoms with Crippen molar-refractivity contribution in [1.29, 1.82) is 0 Å². The van der Waals surface area contributed by atoms with E-state index in [2.05, 4.69) is 20.9 Å². The van der Waals surface area contributed by atoms with Crippen molar-refractivity contribution in [3.8, 4) is 5.88 Å². The molecular formula is C13H9BrF3NO. The lowest BCUT2D eigenvalue weighted by molar-refractivity contribution is -0.137. The van der Waals surface area contributed by atoms with E-state index in [0.29, 0.717) is 16.0 Å². The summed E-state index contributed by atoms with van der Waals surface area (Å²) in [6.07, 6.45) is -4.34. The second-order valence-electron chi connectivity index (χ2n) is 3.79. The molecule has 0 saturated heterocycles. The third kappa shape index (κ3) is 3.96. The van der Waals surface area contributed by atoms with Gasteiger partial charge in [0.25, 0.3) is 0 Å². The first-order valence-corrected chi connectivity index (χ1v) is 6.16. The van der Waals surface area contributed by atoms with Crippen LogP contribution in [0.15, 0.2) is 47.1 Å². The number of nitrogens with zero attached hydrogens (tertiary/aromatic N) is 1. The molecule has 0 radical (unpaired) electrons. The van der Waals surface area contributed by atoms with Crippen LogP contribution in [0.1, 0.15) is 11.1 Å². The molecular weight excluding hydrogens is 323 g/mol. The van der Waals surface area contributed by atoms with E-state index in [9.17, 15) is 13.2 Å². The van der Waals surface area contributed by atoms with Crippen molar-refractivity contribution in [2.24, 2.45) is 0 Å². The van der Waals surface area contributed by atoms with Gasteiger partial charge in [-0.05, 0) is 39.7 Å². The molecule has 0 spiro atoms. The van der Waals surface area contributed by atoms with Gasteiger partial charge in [-0.15, -0.1) is 0 Å². The molecule has 2 aromatic rings. The van der Waals surface area contributed by atoms with Crippen molar-refractivity contribution in [1.82, 2.24) is 4.98 Å². The summed E-state index contributed by atoms with van der Waals surface area (Å²) in [6.45, 7) is 0.0351. The maximum Gasteiger partial charge on any atom is 0.416 e. The summed E-state index contributed by atoms with van der Waals surface area (Å²) < 4.78 is 43.5. The molecule has 0 amide bonds. The van der Waals surface area contributed by atoms with E-state index in [1.54, 1.807) is 24.3 Å². The fraction of sp³-hybridized carbons (Fsp3) is 0.154. The Labute approximate surface area is 116 Å². The minimum Gasteiger partial charge on any atom is -0.473 e. The summed E-state index contributed by atoms with van der Waals surface area (Å²) in [7, 11) is 0. The first-order valence-electron chi connectivity index (χ1n) is 5.36. The van der Waals surface area contributed by atoms with Gasteiger partial charge in [-0.3, -0.25) is 0 Å². The zero-order valence-electron chi connectivity index (χ0n) is 9.62. The second-order valence-corrected chi connectivity index (χ2v) is 4.60. The molecule has 0 aliphatic carbocycles. The Bertz CT molecular complexity index is 572. The Kier molecular flexibility index (Phi) is 4.09. The summed E-state index contributed by atoms with van der Waals surface area (Å²) in [5.74, 6) is 0.354. The summed E-state index contributed by atoms with van der Waals surface area (Å²) in [4.78, 5) is 4.03. The lowest BCUT2D eigenvalue weighted by atomic mass is 10.1. The summed E-state index contributed by atoms with van der Waals surface area (Å²) >= 11 is 3.19. The molecule has 0 aliphatic heterocycles. The highest BCUT2D eigenvalue weighted by molar-refractivity contribution is 9.10. The van der Waals surface area contributed by atoms with Gasteiger partial charge in [0.2, 0.25) is 5.88 Å². The molecule has 0 fully saturated rings. The summed E-state index contributed by atoms with van der Waals surface area (Å²) in [5.41, 5.74) is -0.243. The van der Waals surface area contributed by atoms with E-state index in [1.165, 1.54) is 6.07 Å². The predicted octanol–water partition coefficient (Wildman–Crippen LogP) is 4.44. The van der Waals surface area contributed by atoms with Crippen LogP contribution >= 0.6 is 15.9 Å². The molecule has 19 heavy (non-hydrogen) atoms. The third-order valence-corrected chi connectivity index (χ3v) is 2.77. The first kappa shape index (κ1) is 13.9. The maximum atomic E-state index is 12.5. The molecule has 0 N–H and O–H groups in total. The SMILES string of the molecule is FC(F)(F)c1cccc(COc2cccc(Br)n2)c1. The highest BCUT2D eigenvalue weighted by Gasteiger charge is 2.30. The molecule has 0 aliphatic rings. The Morgan fingerprint density at radius 1 is 1.11 bits per heavy atom. The molecule has 0 unspecified atom stereocenters. The topological polar surface area (TPSA) is 22.1 Å². The van der Waals surface area contributed by atoms with Gasteiger partial charge >= 0.3 is 6.18 Å². The molecule has 0 atom stereocenters. The van der Waals surface area contributed by atoms with Crippen molar-refractivity contribution < 1.29 is 17.9 Å². The van der Waals surface area contributed by atoms with Crippen molar-refractivity contribution >= 4 is 15.9 Å². The number of ether oxygens (including phenoxy) is 1. The number of pyridine rings is 1. The molecule has 2 rings (SSSR count). The van der Waals surface area contributed by atoms with Crippen LogP contribution in [0, 0.1) is 0 Å². The van der Waals surface area contributed by atoms with Crippen molar-refractivity contribution in [3.63, 3.8) is 0 Å². The van der Waals surface area contributed by atoms with E-state index in [-0.39, 0.29) is 6.61 Å². The number of benzene rings is 1. The first-order chi connectivity index (χ1) is 8.95. The van der Waals surface area contributed by atoms with Gasteiger partial charge in [-0.1, -0.05) is 18.2 Å². The lowest BCUT2D eigenvalue weighted by Crippen LogP contribution is -2.06. The smallest absolute Gasteiger partial charge is 0.416 e. The number of halogens is 4. The standard InChI is InChI=1S/C13H9BrF3NO/c14-11-5-2-6-12(18-11)19-8-9-3-1-4-10(7-9)13(15,16)17/h1-7H,8H2. The fourth-order valence-corrected chi connectivity index (χ4v) is 1.79. The molecule has 1 aromatic heterocycles. The van der Waals surface area contributed by atoms with Gasteiger partial charge in [-0.2, -0.15) is 13.2 Å². The minimum atomic E-state index is -4.34. The van der Waals surface area contributed by atoms with Gasteiger partial charge in [0, 0.05) is 6.07 Å². The van der Waals surface area contributed by atoms with E-state index in [4.69, 9.17) is 4.74 Å². The molecule has 0 bridgehead atoms. The second kappa shape index (κ2) is 5.61. The zero-order chi connectivity index (χ0) is 13.9. The number of aromatic nitrogens is 1. The average molecular weight is 332 g/mol. The average Bonchev–Trinajstić information content (AvgIpc) is 2.36. The van der Waals surface area contributed by atoms with Crippen LogP contribution in [0.2, 0.25) is 0 Å². The highest BCUT2D eigenvalue weighted by Crippen LogP contribution is 2.29. The zero-order valence-corrected chi connectivity index (χ0v) is 11.2. The fourth-order valence-electron chi connectivity index (χ4n) is 1.46. The minimum absolute atomic E-state index is 0.0351. The van der Waals surface area contributed by atoms with Gasteiger partial charge in [-0.25, -0.2) is 4.98 Å². The lowest BCUT2D eigenvalue weighted by Gasteiger charge is -2.09. The summed E-state index contributed by atoms with van der Waals surface area (Å²) in [5, 5.41) is 0. The highest BCUT2D eigenvalue weighted by atomic mass is 79.9. The van der Waals surface area contributed by atoms with Gasteiger partial charge in [0.05, 0.1) is 5.56 Å². The Morgan fingerprint density at radius 3 is 2.53 bits per heavy atom. The van der Waals surface area contributed by atoms with Crippen molar-refractivity contribution in [2.75, 3.05) is 0 Å². The monoisotopic (exact) mass is 331 g/mol. The molecule has 0 saturated carbocycles. The summed E-state index contributed by atoms with van der Waals surface area (Å²) in [6, 6.07) is 10.1. The van der Waals surface area contributed by atoms with Gasteiger partial charge < -0.3 is 4.74 Å². The molecule has 1 aromatic carbocycles. The Balaban J connectivity index is 2.08. The normalized spacial score (nSPS) is 11.4. The van der Waals surface area contributed by atoms with E-state index >= 15 is 0 Å². The van der Waals surface area contributed by atoms with E-state index in [1.807, 2.05) is 0 Å². The van der Waals surface area contributed by atoms with Crippen LogP contribution in [0.4, 0.5) is 13.2 Å². The number of hydrogen-bond donors (Lipinski definition) is 0. The number of rotatable bonds is 3. The molecule has 100 valence electrons. The third-order valence-electron chi connectivity index (χ3n) is 2.33. The quantitative estimate of drug-likeness (QED) is 0.775. The largest absolute Gasteiger partial charge is 0.473 e. The van der Waals surface area contributed by atoms with Gasteiger partial charge in [0.1, 0.15) is 11.2 Å². The van der Waals surface area contributed by atoms with Crippen molar-refractivity contribution in [2.45, 2.75) is 12.8 Å². The predicted molar refractivity (Wildman–Crippen MR) is 67.7 cm³/mol. The number of hydrogen-bond acceptors (Lipinski definition) is 2. The number of alkyl halides is 3.